The fourth-order valence-corrected chi connectivity index (χ4v) is 1.89. The number of halogens is 1. The molecule has 0 unspecified atom stereocenters. The molecule has 0 aliphatic carbocycles. The topological polar surface area (TPSA) is 57.2 Å². The van der Waals surface area contributed by atoms with E-state index in [1.807, 2.05) is 14.1 Å². The third kappa shape index (κ3) is 3.41. The van der Waals surface area contributed by atoms with Gasteiger partial charge >= 0.3 is 0 Å². The molecule has 94 valence electrons. The Balaban J connectivity index is 2.09. The highest BCUT2D eigenvalue weighted by Crippen LogP contribution is 2.14. The molecule has 1 fully saturated rings. The number of hydrogen-bond donors (Lipinski definition) is 1. The zero-order valence-corrected chi connectivity index (χ0v) is 10.9. The molecule has 7 heteroatoms. The van der Waals surface area contributed by atoms with E-state index in [-0.39, 0.29) is 5.28 Å². The van der Waals surface area contributed by atoms with Crippen LogP contribution in [0.3, 0.4) is 0 Å². The maximum atomic E-state index is 5.86. The minimum absolute atomic E-state index is 0.211. The van der Waals surface area contributed by atoms with Crippen molar-refractivity contribution >= 4 is 23.5 Å². The number of rotatable bonds is 3. The maximum Gasteiger partial charge on any atom is 0.243 e. The molecule has 0 spiro atoms. The lowest BCUT2D eigenvalue weighted by molar-refractivity contribution is 0.271. The standard InChI is InChI=1S/C10H17ClN6/c1-16(2)10-13-8(11)12-9(14-10)15-17-6-4-3-5-7-17/h3-7H2,1-2H3,(H,12,13,14,15). The highest BCUT2D eigenvalue weighted by Gasteiger charge is 2.12. The Hall–Kier alpha value is -1.14. The number of aromatic nitrogens is 3. The van der Waals surface area contributed by atoms with E-state index >= 15 is 0 Å². The van der Waals surface area contributed by atoms with Gasteiger partial charge in [0.05, 0.1) is 0 Å². The zero-order valence-electron chi connectivity index (χ0n) is 10.1. The number of anilines is 2. The van der Waals surface area contributed by atoms with E-state index in [1.165, 1.54) is 19.3 Å². The fourth-order valence-electron chi connectivity index (χ4n) is 1.74. The molecule has 1 aliphatic rings. The number of hydrazine groups is 1. The summed E-state index contributed by atoms with van der Waals surface area (Å²) < 4.78 is 0. The number of piperidine rings is 1. The van der Waals surface area contributed by atoms with Gasteiger partial charge in [-0.3, -0.25) is 5.43 Å². The Labute approximate surface area is 106 Å². The lowest BCUT2D eigenvalue weighted by Crippen LogP contribution is -2.35. The van der Waals surface area contributed by atoms with Crippen LogP contribution >= 0.6 is 11.6 Å². The molecule has 0 saturated carbocycles. The largest absolute Gasteiger partial charge is 0.347 e. The van der Waals surface area contributed by atoms with Gasteiger partial charge in [0.15, 0.2) is 0 Å². The molecule has 1 saturated heterocycles. The summed E-state index contributed by atoms with van der Waals surface area (Å²) in [6.45, 7) is 2.03. The predicted octanol–water partition coefficient (Wildman–Crippen LogP) is 1.40. The molecule has 1 aromatic heterocycles. The lowest BCUT2D eigenvalue weighted by atomic mass is 10.2. The summed E-state index contributed by atoms with van der Waals surface area (Å²) in [6, 6.07) is 0. The van der Waals surface area contributed by atoms with Gasteiger partial charge in [-0.1, -0.05) is 6.42 Å². The van der Waals surface area contributed by atoms with Crippen LogP contribution in [0.1, 0.15) is 19.3 Å². The van der Waals surface area contributed by atoms with E-state index in [1.54, 1.807) is 4.90 Å². The fraction of sp³-hybridized carbons (Fsp3) is 0.700. The Morgan fingerprint density at radius 2 is 1.82 bits per heavy atom. The van der Waals surface area contributed by atoms with Gasteiger partial charge in [-0.05, 0) is 24.4 Å². The predicted molar refractivity (Wildman–Crippen MR) is 68.2 cm³/mol. The van der Waals surface area contributed by atoms with Crippen LogP contribution in [0.15, 0.2) is 0 Å². The molecule has 1 aliphatic heterocycles. The molecule has 6 nitrogen and oxygen atoms in total. The van der Waals surface area contributed by atoms with Crippen molar-refractivity contribution in [2.24, 2.45) is 0 Å². The van der Waals surface area contributed by atoms with Crippen molar-refractivity contribution in [1.29, 1.82) is 0 Å². The molecule has 1 N–H and O–H groups in total. The molecule has 17 heavy (non-hydrogen) atoms. The van der Waals surface area contributed by atoms with E-state index in [2.05, 4.69) is 25.4 Å². The molecule has 2 rings (SSSR count). The lowest BCUT2D eigenvalue weighted by Gasteiger charge is -2.26. The molecular formula is C10H17ClN6. The summed E-state index contributed by atoms with van der Waals surface area (Å²) in [6.07, 6.45) is 3.69. The summed E-state index contributed by atoms with van der Waals surface area (Å²) in [7, 11) is 3.74. The number of hydrogen-bond acceptors (Lipinski definition) is 6. The van der Waals surface area contributed by atoms with E-state index in [4.69, 9.17) is 11.6 Å². The summed E-state index contributed by atoms with van der Waals surface area (Å²) >= 11 is 5.86. The minimum Gasteiger partial charge on any atom is -0.347 e. The molecule has 0 aromatic carbocycles. The highest BCUT2D eigenvalue weighted by atomic mass is 35.5. The van der Waals surface area contributed by atoms with Crippen molar-refractivity contribution in [2.75, 3.05) is 37.5 Å². The van der Waals surface area contributed by atoms with Gasteiger partial charge < -0.3 is 4.90 Å². The summed E-state index contributed by atoms with van der Waals surface area (Å²) in [4.78, 5) is 14.2. The summed E-state index contributed by atoms with van der Waals surface area (Å²) in [5.41, 5.74) is 3.18. The van der Waals surface area contributed by atoms with Gasteiger partial charge in [0.25, 0.3) is 0 Å². The van der Waals surface area contributed by atoms with Crippen LogP contribution in [0.25, 0.3) is 0 Å². The first kappa shape index (κ1) is 12.3. The second-order valence-corrected chi connectivity index (χ2v) is 4.62. The second-order valence-electron chi connectivity index (χ2n) is 4.28. The van der Waals surface area contributed by atoms with Gasteiger partial charge in [-0.2, -0.15) is 15.0 Å². The third-order valence-electron chi connectivity index (χ3n) is 2.61. The van der Waals surface area contributed by atoms with Gasteiger partial charge in [0, 0.05) is 27.2 Å². The van der Waals surface area contributed by atoms with E-state index in [0.717, 1.165) is 13.1 Å². The third-order valence-corrected chi connectivity index (χ3v) is 2.78. The first-order valence-electron chi connectivity index (χ1n) is 5.75. The monoisotopic (exact) mass is 256 g/mol. The Morgan fingerprint density at radius 3 is 2.47 bits per heavy atom. The summed E-state index contributed by atoms with van der Waals surface area (Å²) in [5, 5.41) is 2.33. The van der Waals surface area contributed by atoms with Crippen LogP contribution in [0.5, 0.6) is 0 Å². The van der Waals surface area contributed by atoms with E-state index in [9.17, 15) is 0 Å². The molecule has 0 bridgehead atoms. The Kier molecular flexibility index (Phi) is 3.96. The first-order valence-corrected chi connectivity index (χ1v) is 6.13. The van der Waals surface area contributed by atoms with Crippen molar-refractivity contribution in [1.82, 2.24) is 20.0 Å². The highest BCUT2D eigenvalue weighted by molar-refractivity contribution is 6.28. The normalized spacial score (nSPS) is 16.9. The Bertz CT molecular complexity index is 377. The number of nitrogens with zero attached hydrogens (tertiary/aromatic N) is 5. The first-order chi connectivity index (χ1) is 8.15. The molecule has 2 heterocycles. The van der Waals surface area contributed by atoms with Crippen LogP contribution in [-0.4, -0.2) is 47.1 Å². The average Bonchev–Trinajstić information content (AvgIpc) is 2.29. The van der Waals surface area contributed by atoms with Gasteiger partial charge in [-0.15, -0.1) is 0 Å². The maximum absolute atomic E-state index is 5.86. The van der Waals surface area contributed by atoms with Crippen molar-refractivity contribution in [2.45, 2.75) is 19.3 Å². The quantitative estimate of drug-likeness (QED) is 0.882. The molecule has 1 aromatic rings. The molecule has 0 radical (unpaired) electrons. The van der Waals surface area contributed by atoms with Crippen LogP contribution in [0, 0.1) is 0 Å². The van der Waals surface area contributed by atoms with Crippen molar-refractivity contribution in [3.05, 3.63) is 5.28 Å². The van der Waals surface area contributed by atoms with Crippen molar-refractivity contribution < 1.29 is 0 Å². The SMILES string of the molecule is CN(C)c1nc(Cl)nc(NN2CCCCC2)n1. The van der Waals surface area contributed by atoms with Crippen LogP contribution < -0.4 is 10.3 Å². The van der Waals surface area contributed by atoms with Gasteiger partial charge in [-0.25, -0.2) is 5.01 Å². The van der Waals surface area contributed by atoms with Crippen molar-refractivity contribution in [3.8, 4) is 0 Å². The zero-order chi connectivity index (χ0) is 12.3. The smallest absolute Gasteiger partial charge is 0.243 e. The minimum atomic E-state index is 0.211. The second kappa shape index (κ2) is 5.46. The van der Waals surface area contributed by atoms with Gasteiger partial charge in [0.2, 0.25) is 17.2 Å². The van der Waals surface area contributed by atoms with Crippen LogP contribution in [0.4, 0.5) is 11.9 Å². The molecular weight excluding hydrogens is 240 g/mol. The van der Waals surface area contributed by atoms with Crippen LogP contribution in [-0.2, 0) is 0 Å². The van der Waals surface area contributed by atoms with Gasteiger partial charge in [0.1, 0.15) is 0 Å². The summed E-state index contributed by atoms with van der Waals surface area (Å²) in [5.74, 6) is 1.07. The van der Waals surface area contributed by atoms with E-state index in [0.29, 0.717) is 11.9 Å². The van der Waals surface area contributed by atoms with Crippen LogP contribution in [0.2, 0.25) is 5.28 Å². The number of nitrogens with one attached hydrogen (secondary N) is 1. The molecule has 0 amide bonds. The average molecular weight is 257 g/mol. The molecule has 0 atom stereocenters. The van der Waals surface area contributed by atoms with E-state index < -0.39 is 0 Å². The Morgan fingerprint density at radius 1 is 1.12 bits per heavy atom. The van der Waals surface area contributed by atoms with Crippen molar-refractivity contribution in [3.63, 3.8) is 0 Å².